The van der Waals surface area contributed by atoms with Crippen LogP contribution in [0.3, 0.4) is 0 Å². The number of hydrogen-bond donors (Lipinski definition) is 2. The molecule has 0 aromatic carbocycles. The summed E-state index contributed by atoms with van der Waals surface area (Å²) in [5.74, 6) is 0.178. The van der Waals surface area contributed by atoms with E-state index in [1.807, 2.05) is 0 Å². The number of thiazole rings is 1. The minimum atomic E-state index is -0.312. The standard InChI is InChI=1S/C22H30N4O5S/c1-30-11-9-26(21(29)16-6-3-2-4-7-16)14-20(28)25-22-24-17(15-32-22)12-19(27)23-13-18-8-5-10-31-18/h5,8,10,15-16H,2-4,6-7,9,11-14H2,1H3,(H,23,27)(H,24,25,28). The van der Waals surface area contributed by atoms with Gasteiger partial charge in [0, 0.05) is 25.0 Å². The number of ether oxygens (including phenoxy) is 1. The summed E-state index contributed by atoms with van der Waals surface area (Å²) in [6.45, 7) is 1.02. The second-order valence-corrected chi connectivity index (χ2v) is 8.67. The number of furan rings is 1. The molecule has 3 rings (SSSR count). The maximum Gasteiger partial charge on any atom is 0.245 e. The highest BCUT2D eigenvalue weighted by Crippen LogP contribution is 2.25. The Morgan fingerprint density at radius 3 is 2.78 bits per heavy atom. The van der Waals surface area contributed by atoms with Crippen molar-refractivity contribution in [1.29, 1.82) is 0 Å². The Balaban J connectivity index is 1.48. The van der Waals surface area contributed by atoms with Crippen molar-refractivity contribution in [2.45, 2.75) is 45.1 Å². The van der Waals surface area contributed by atoms with E-state index in [1.165, 1.54) is 11.3 Å². The number of rotatable bonds is 11. The summed E-state index contributed by atoms with van der Waals surface area (Å²) < 4.78 is 10.3. The van der Waals surface area contributed by atoms with Gasteiger partial charge in [-0.05, 0) is 25.0 Å². The molecule has 2 heterocycles. The van der Waals surface area contributed by atoms with E-state index >= 15 is 0 Å². The Morgan fingerprint density at radius 1 is 1.25 bits per heavy atom. The van der Waals surface area contributed by atoms with Crippen molar-refractivity contribution in [3.05, 3.63) is 35.2 Å². The van der Waals surface area contributed by atoms with Gasteiger partial charge in [-0.15, -0.1) is 11.3 Å². The first-order valence-electron chi connectivity index (χ1n) is 10.9. The maximum atomic E-state index is 12.9. The quantitative estimate of drug-likeness (QED) is 0.531. The number of nitrogens with one attached hydrogen (secondary N) is 2. The Labute approximate surface area is 191 Å². The van der Waals surface area contributed by atoms with Crippen molar-refractivity contribution in [3.63, 3.8) is 0 Å². The first-order chi connectivity index (χ1) is 15.5. The zero-order chi connectivity index (χ0) is 22.8. The van der Waals surface area contributed by atoms with Gasteiger partial charge in [0.25, 0.3) is 0 Å². The van der Waals surface area contributed by atoms with Gasteiger partial charge >= 0.3 is 0 Å². The zero-order valence-electron chi connectivity index (χ0n) is 18.3. The van der Waals surface area contributed by atoms with E-state index in [0.717, 1.165) is 32.1 Å². The highest BCUT2D eigenvalue weighted by Gasteiger charge is 2.27. The van der Waals surface area contributed by atoms with Crippen LogP contribution in [0.25, 0.3) is 0 Å². The molecule has 0 saturated heterocycles. The number of amides is 3. The molecule has 9 nitrogen and oxygen atoms in total. The minimum Gasteiger partial charge on any atom is -0.467 e. The van der Waals surface area contributed by atoms with E-state index in [0.29, 0.717) is 36.3 Å². The van der Waals surface area contributed by atoms with Crippen LogP contribution in [0.1, 0.15) is 43.6 Å². The van der Waals surface area contributed by atoms with Gasteiger partial charge in [-0.2, -0.15) is 0 Å². The highest BCUT2D eigenvalue weighted by molar-refractivity contribution is 7.13. The van der Waals surface area contributed by atoms with Gasteiger partial charge in [-0.25, -0.2) is 4.98 Å². The van der Waals surface area contributed by atoms with E-state index in [-0.39, 0.29) is 36.6 Å². The lowest BCUT2D eigenvalue weighted by molar-refractivity contribution is -0.139. The fourth-order valence-electron chi connectivity index (χ4n) is 3.68. The molecule has 2 aromatic rings. The van der Waals surface area contributed by atoms with Crippen molar-refractivity contribution in [2.75, 3.05) is 32.1 Å². The van der Waals surface area contributed by atoms with Crippen LogP contribution in [0.4, 0.5) is 5.13 Å². The minimum absolute atomic E-state index is 0.0143. The lowest BCUT2D eigenvalue weighted by Crippen LogP contribution is -2.43. The van der Waals surface area contributed by atoms with E-state index in [4.69, 9.17) is 9.15 Å². The van der Waals surface area contributed by atoms with Gasteiger partial charge in [-0.1, -0.05) is 19.3 Å². The highest BCUT2D eigenvalue weighted by atomic mass is 32.1. The summed E-state index contributed by atoms with van der Waals surface area (Å²) in [4.78, 5) is 43.4. The molecule has 2 N–H and O–H groups in total. The number of nitrogens with zero attached hydrogens (tertiary/aromatic N) is 2. The van der Waals surface area contributed by atoms with Gasteiger partial charge in [-0.3, -0.25) is 14.4 Å². The van der Waals surface area contributed by atoms with Crippen LogP contribution < -0.4 is 10.6 Å². The molecular formula is C22H30N4O5S. The van der Waals surface area contributed by atoms with Crippen LogP contribution in [0.5, 0.6) is 0 Å². The maximum absolute atomic E-state index is 12.9. The first-order valence-corrected chi connectivity index (χ1v) is 11.7. The largest absolute Gasteiger partial charge is 0.467 e. The zero-order valence-corrected chi connectivity index (χ0v) is 19.1. The summed E-state index contributed by atoms with van der Waals surface area (Å²) in [7, 11) is 1.57. The van der Waals surface area contributed by atoms with Crippen LogP contribution in [0, 0.1) is 5.92 Å². The van der Waals surface area contributed by atoms with Crippen molar-refractivity contribution in [2.24, 2.45) is 5.92 Å². The predicted molar refractivity (Wildman–Crippen MR) is 120 cm³/mol. The lowest BCUT2D eigenvalue weighted by Gasteiger charge is -2.28. The number of anilines is 1. The SMILES string of the molecule is COCCN(CC(=O)Nc1nc(CC(=O)NCc2ccco2)cs1)C(=O)C1CCCCC1. The normalized spacial score (nSPS) is 14.2. The van der Waals surface area contributed by atoms with Gasteiger partial charge in [0.05, 0.1) is 31.5 Å². The van der Waals surface area contributed by atoms with Crippen molar-refractivity contribution in [1.82, 2.24) is 15.2 Å². The molecule has 0 spiro atoms. The molecule has 1 aliphatic carbocycles. The molecule has 2 aromatic heterocycles. The molecule has 0 radical (unpaired) electrons. The third kappa shape index (κ3) is 7.45. The molecule has 0 aliphatic heterocycles. The van der Waals surface area contributed by atoms with Gasteiger partial charge in [0.15, 0.2) is 5.13 Å². The molecule has 32 heavy (non-hydrogen) atoms. The second-order valence-electron chi connectivity index (χ2n) is 7.81. The monoisotopic (exact) mass is 462 g/mol. The topological polar surface area (TPSA) is 114 Å². The van der Waals surface area contributed by atoms with Crippen LogP contribution in [0.15, 0.2) is 28.2 Å². The summed E-state index contributed by atoms with van der Waals surface area (Å²) in [6.07, 6.45) is 6.68. The smallest absolute Gasteiger partial charge is 0.245 e. The van der Waals surface area contributed by atoms with Crippen LogP contribution in [0.2, 0.25) is 0 Å². The van der Waals surface area contributed by atoms with E-state index in [9.17, 15) is 14.4 Å². The van der Waals surface area contributed by atoms with Crippen LogP contribution in [-0.4, -0.2) is 54.4 Å². The number of hydrogen-bond acceptors (Lipinski definition) is 7. The Hall–Kier alpha value is -2.72. The molecule has 174 valence electrons. The summed E-state index contributed by atoms with van der Waals surface area (Å²) in [6, 6.07) is 3.54. The molecule has 1 saturated carbocycles. The van der Waals surface area contributed by atoms with Gasteiger partial charge in [0.2, 0.25) is 17.7 Å². The van der Waals surface area contributed by atoms with Crippen molar-refractivity contribution >= 4 is 34.2 Å². The van der Waals surface area contributed by atoms with Gasteiger partial charge < -0.3 is 24.7 Å². The molecule has 3 amide bonds. The Morgan fingerprint density at radius 2 is 2.06 bits per heavy atom. The third-order valence-electron chi connectivity index (χ3n) is 5.35. The molecule has 0 bridgehead atoms. The molecule has 0 unspecified atom stereocenters. The van der Waals surface area contributed by atoms with Crippen LogP contribution in [-0.2, 0) is 32.1 Å². The summed E-state index contributed by atoms with van der Waals surface area (Å²) in [5, 5.41) is 7.64. The molecule has 0 atom stereocenters. The first kappa shape index (κ1) is 23.9. The fourth-order valence-corrected chi connectivity index (χ4v) is 4.41. The van der Waals surface area contributed by atoms with E-state index < -0.39 is 0 Å². The van der Waals surface area contributed by atoms with Gasteiger partial charge in [0.1, 0.15) is 12.3 Å². The van der Waals surface area contributed by atoms with Crippen molar-refractivity contribution < 1.29 is 23.5 Å². The lowest BCUT2D eigenvalue weighted by atomic mass is 9.88. The number of aromatic nitrogens is 1. The fraction of sp³-hybridized carbons (Fsp3) is 0.545. The number of methoxy groups -OCH3 is 1. The summed E-state index contributed by atoms with van der Waals surface area (Å²) >= 11 is 1.25. The number of carbonyl (C=O) groups excluding carboxylic acids is 3. The van der Waals surface area contributed by atoms with Crippen molar-refractivity contribution in [3.8, 4) is 0 Å². The predicted octanol–water partition coefficient (Wildman–Crippen LogP) is 2.59. The van der Waals surface area contributed by atoms with E-state index in [2.05, 4.69) is 15.6 Å². The second kappa shape index (κ2) is 12.4. The van der Waals surface area contributed by atoms with Crippen LogP contribution >= 0.6 is 11.3 Å². The average Bonchev–Trinajstić information content (AvgIpc) is 3.47. The average molecular weight is 463 g/mol. The van der Waals surface area contributed by atoms with E-state index in [1.54, 1.807) is 35.8 Å². The Bertz CT molecular complexity index is 877. The summed E-state index contributed by atoms with van der Waals surface area (Å²) in [5.41, 5.74) is 0.566. The molecule has 1 aliphatic rings. The Kier molecular flexibility index (Phi) is 9.24. The molecular weight excluding hydrogens is 432 g/mol. The molecule has 10 heteroatoms. The molecule has 1 fully saturated rings. The number of carbonyl (C=O) groups is 3. The third-order valence-corrected chi connectivity index (χ3v) is 6.15.